The summed E-state index contributed by atoms with van der Waals surface area (Å²) in [6, 6.07) is 4.16. The minimum Gasteiger partial charge on any atom is -0.381 e. The first-order valence-electron chi connectivity index (χ1n) is 15.3. The molecule has 0 spiro atoms. The van der Waals surface area contributed by atoms with E-state index >= 15 is 0 Å². The normalized spacial score (nSPS) is 13.1. The molecule has 0 bridgehead atoms. The molecule has 240 valence electrons. The molecule has 42 heavy (non-hydrogen) atoms. The van der Waals surface area contributed by atoms with Crippen molar-refractivity contribution >= 4 is 12.6 Å². The van der Waals surface area contributed by atoms with Crippen LogP contribution in [-0.4, -0.2) is 61.2 Å². The first-order valence-corrected chi connectivity index (χ1v) is 15.3. The topological polar surface area (TPSA) is 76.6 Å². The van der Waals surface area contributed by atoms with Crippen molar-refractivity contribution in [3.63, 3.8) is 0 Å². The number of halogens is 3. The van der Waals surface area contributed by atoms with Gasteiger partial charge in [0.15, 0.2) is 0 Å². The molecule has 7 nitrogen and oxygen atoms in total. The number of nitrogens with zero attached hydrogens (tertiary/aromatic N) is 3. The lowest BCUT2D eigenvalue weighted by molar-refractivity contribution is -0.137. The monoisotopic (exact) mass is 598 g/mol. The van der Waals surface area contributed by atoms with Crippen molar-refractivity contribution in [2.24, 2.45) is 0 Å². The van der Waals surface area contributed by atoms with Crippen molar-refractivity contribution in [2.45, 2.75) is 99.8 Å². The van der Waals surface area contributed by atoms with Gasteiger partial charge in [0.25, 0.3) is 0 Å². The van der Waals surface area contributed by atoms with Crippen molar-refractivity contribution in [3.8, 4) is 0 Å². The van der Waals surface area contributed by atoms with Gasteiger partial charge in [0.2, 0.25) is 0 Å². The summed E-state index contributed by atoms with van der Waals surface area (Å²) in [5.41, 5.74) is 2.57. The highest BCUT2D eigenvalue weighted by molar-refractivity contribution is 5.48. The van der Waals surface area contributed by atoms with Crippen molar-refractivity contribution in [1.29, 1.82) is 0 Å². The SMILES string of the molecule is C=O.CC.CC.CCCOCCCCc1nc(CN2CCOCC2)nc(NCc2cc(C)cc(C(F)(F)F)c2)c1CC. The Hall–Kier alpha value is -2.56. The molecule has 0 atom stereocenters. The van der Waals surface area contributed by atoms with E-state index < -0.39 is 11.7 Å². The molecule has 0 aliphatic carbocycles. The van der Waals surface area contributed by atoms with Crippen LogP contribution in [0.25, 0.3) is 0 Å². The van der Waals surface area contributed by atoms with Crippen molar-refractivity contribution in [1.82, 2.24) is 14.9 Å². The van der Waals surface area contributed by atoms with Gasteiger partial charge in [-0.15, -0.1) is 0 Å². The number of hydrogen-bond acceptors (Lipinski definition) is 7. The molecule has 1 aliphatic rings. The van der Waals surface area contributed by atoms with Gasteiger partial charge in [0, 0.05) is 44.1 Å². The Balaban J connectivity index is 0.00000263. The Morgan fingerprint density at radius 2 is 1.67 bits per heavy atom. The number of nitrogens with one attached hydrogen (secondary N) is 1. The van der Waals surface area contributed by atoms with E-state index in [1.54, 1.807) is 13.0 Å². The van der Waals surface area contributed by atoms with E-state index in [-0.39, 0.29) is 6.54 Å². The van der Waals surface area contributed by atoms with Crippen LogP contribution in [0.5, 0.6) is 0 Å². The summed E-state index contributed by atoms with van der Waals surface area (Å²) >= 11 is 0. The summed E-state index contributed by atoms with van der Waals surface area (Å²) in [5.74, 6) is 1.44. The lowest BCUT2D eigenvalue weighted by Gasteiger charge is -2.26. The maximum absolute atomic E-state index is 13.3. The number of ether oxygens (including phenoxy) is 2. The molecule has 3 rings (SSSR count). The fraction of sp³-hybridized carbons (Fsp3) is 0.656. The van der Waals surface area contributed by atoms with E-state index in [4.69, 9.17) is 24.2 Å². The van der Waals surface area contributed by atoms with Gasteiger partial charge in [0.1, 0.15) is 18.4 Å². The maximum atomic E-state index is 13.3. The van der Waals surface area contributed by atoms with Crippen molar-refractivity contribution in [2.75, 3.05) is 44.8 Å². The van der Waals surface area contributed by atoms with E-state index in [1.165, 1.54) is 12.1 Å². The quantitative estimate of drug-likeness (QED) is 0.240. The minimum atomic E-state index is -4.37. The number of anilines is 1. The second-order valence-corrected chi connectivity index (χ2v) is 9.28. The molecule has 1 aliphatic heterocycles. The van der Waals surface area contributed by atoms with Crippen LogP contribution in [-0.2, 0) is 46.4 Å². The Morgan fingerprint density at radius 3 is 2.26 bits per heavy atom. The van der Waals surface area contributed by atoms with Gasteiger partial charge in [-0.3, -0.25) is 4.90 Å². The maximum Gasteiger partial charge on any atom is 0.416 e. The zero-order valence-electron chi connectivity index (χ0n) is 26.8. The van der Waals surface area contributed by atoms with E-state index in [1.807, 2.05) is 34.5 Å². The predicted octanol–water partition coefficient (Wildman–Crippen LogP) is 7.43. The summed E-state index contributed by atoms with van der Waals surface area (Å²) in [7, 11) is 0. The molecular weight excluding hydrogens is 545 g/mol. The Labute approximate surface area is 251 Å². The molecule has 2 aromatic rings. The molecule has 1 aromatic heterocycles. The van der Waals surface area contributed by atoms with Gasteiger partial charge in [-0.05, 0) is 56.7 Å². The highest BCUT2D eigenvalue weighted by atomic mass is 19.4. The first-order chi connectivity index (χ1) is 20.3. The van der Waals surface area contributed by atoms with E-state index in [0.29, 0.717) is 36.7 Å². The van der Waals surface area contributed by atoms with Crippen LogP contribution < -0.4 is 5.32 Å². The zero-order chi connectivity index (χ0) is 32.0. The molecule has 2 heterocycles. The van der Waals surface area contributed by atoms with Gasteiger partial charge in [-0.2, -0.15) is 13.2 Å². The predicted molar refractivity (Wildman–Crippen MR) is 165 cm³/mol. The summed E-state index contributed by atoms with van der Waals surface area (Å²) in [4.78, 5) is 20.0. The lowest BCUT2D eigenvalue weighted by Crippen LogP contribution is -2.36. The third kappa shape index (κ3) is 14.6. The molecule has 0 amide bonds. The van der Waals surface area contributed by atoms with Crippen LogP contribution in [0.15, 0.2) is 18.2 Å². The molecule has 1 fully saturated rings. The smallest absolute Gasteiger partial charge is 0.381 e. The third-order valence-corrected chi connectivity index (χ3v) is 6.19. The number of carbonyl (C=O) groups is 1. The fourth-order valence-corrected chi connectivity index (χ4v) is 4.39. The molecule has 1 aromatic carbocycles. The Morgan fingerprint density at radius 1 is 1.00 bits per heavy atom. The number of carbonyl (C=O) groups excluding carboxylic acids is 1. The second-order valence-electron chi connectivity index (χ2n) is 9.28. The van der Waals surface area contributed by atoms with Crippen LogP contribution in [0.4, 0.5) is 19.0 Å². The fourth-order valence-electron chi connectivity index (χ4n) is 4.39. The zero-order valence-corrected chi connectivity index (χ0v) is 26.8. The summed E-state index contributed by atoms with van der Waals surface area (Å²) in [6.45, 7) is 21.3. The summed E-state index contributed by atoms with van der Waals surface area (Å²) in [5, 5.41) is 3.34. The molecule has 10 heteroatoms. The lowest BCUT2D eigenvalue weighted by atomic mass is 10.0. The molecular formula is C32H53F3N4O3. The number of hydrogen-bond donors (Lipinski definition) is 1. The third-order valence-electron chi connectivity index (χ3n) is 6.19. The first kappa shape index (κ1) is 39.4. The number of unbranched alkanes of at least 4 members (excludes halogenated alkanes) is 1. The molecule has 0 saturated carbocycles. The highest BCUT2D eigenvalue weighted by Crippen LogP contribution is 2.31. The number of morpholine rings is 1. The summed E-state index contributed by atoms with van der Waals surface area (Å²) in [6.07, 6.45) is 0.105. The number of alkyl halides is 3. The molecule has 0 radical (unpaired) electrons. The highest BCUT2D eigenvalue weighted by Gasteiger charge is 2.30. The number of benzene rings is 1. The van der Waals surface area contributed by atoms with Crippen LogP contribution in [0.3, 0.4) is 0 Å². The van der Waals surface area contributed by atoms with E-state index in [2.05, 4.69) is 24.1 Å². The minimum absolute atomic E-state index is 0.260. The molecule has 0 unspecified atom stereocenters. The number of aryl methyl sites for hydroxylation is 2. The number of aromatic nitrogens is 2. The summed E-state index contributed by atoms with van der Waals surface area (Å²) < 4.78 is 51.0. The average Bonchev–Trinajstić information content (AvgIpc) is 3.00. The number of rotatable bonds is 13. The van der Waals surface area contributed by atoms with Crippen molar-refractivity contribution in [3.05, 3.63) is 52.0 Å². The van der Waals surface area contributed by atoms with Crippen LogP contribution in [0.1, 0.15) is 94.6 Å². The molecule has 1 saturated heterocycles. The van der Waals surface area contributed by atoms with Crippen LogP contribution >= 0.6 is 0 Å². The van der Waals surface area contributed by atoms with E-state index in [0.717, 1.165) is 75.5 Å². The van der Waals surface area contributed by atoms with Crippen molar-refractivity contribution < 1.29 is 27.4 Å². The van der Waals surface area contributed by atoms with Gasteiger partial charge in [-0.1, -0.05) is 53.2 Å². The van der Waals surface area contributed by atoms with Crippen LogP contribution in [0, 0.1) is 6.92 Å². The van der Waals surface area contributed by atoms with Gasteiger partial charge in [0.05, 0.1) is 25.3 Å². The largest absolute Gasteiger partial charge is 0.416 e. The van der Waals surface area contributed by atoms with Gasteiger partial charge >= 0.3 is 6.18 Å². The Kier molecular flexibility index (Phi) is 21.6. The molecule has 1 N–H and O–H groups in total. The second kappa shape index (κ2) is 23.0. The van der Waals surface area contributed by atoms with Gasteiger partial charge in [-0.25, -0.2) is 9.97 Å². The van der Waals surface area contributed by atoms with Gasteiger partial charge < -0.3 is 19.6 Å². The van der Waals surface area contributed by atoms with Crippen LogP contribution in [0.2, 0.25) is 0 Å². The Bertz CT molecular complexity index is 984. The standard InChI is InChI=1S/C27H39F3N4O2.2C2H6.CH2O/c1-4-11-35-12-7-6-8-24-23(5-2)26(33-25(32-24)19-34-9-13-36-14-10-34)31-18-21-15-20(3)16-22(17-21)27(28,29)30;3*1-2/h15-17H,4-14,18-19H2,1-3H3,(H,31,32,33);2*1-2H3;1H2. The average molecular weight is 599 g/mol. The van der Waals surface area contributed by atoms with E-state index in [9.17, 15) is 13.2 Å².